The van der Waals surface area contributed by atoms with E-state index in [4.69, 9.17) is 26.5 Å². The first-order valence-electron chi connectivity index (χ1n) is 1.97. The number of nitrogens with two attached hydrogens (primary N) is 2. The Morgan fingerprint density at radius 3 is 1.38 bits per heavy atom. The Morgan fingerprint density at radius 1 is 1.25 bits per heavy atom. The zero-order chi connectivity index (χ0) is 6.99. The molecule has 0 aliphatic carbocycles. The molecule has 0 radical (unpaired) electrons. The molecule has 0 aromatic carbocycles. The van der Waals surface area contributed by atoms with Crippen LogP contribution in [0.15, 0.2) is 0 Å². The van der Waals surface area contributed by atoms with Gasteiger partial charge >= 0.3 is 6.16 Å². The molecule has 5 nitrogen and oxygen atoms in total. The van der Waals surface area contributed by atoms with Crippen LogP contribution in [0.2, 0.25) is 0 Å². The van der Waals surface area contributed by atoms with Crippen molar-refractivity contribution in [2.75, 3.05) is 13.1 Å². The summed E-state index contributed by atoms with van der Waals surface area (Å²) in [6.45, 7) is 1.19. The summed E-state index contributed by atoms with van der Waals surface area (Å²) in [5.41, 5.74) is 9.81. The summed E-state index contributed by atoms with van der Waals surface area (Å²) in [5.74, 6) is 0. The van der Waals surface area contributed by atoms with Gasteiger partial charge in [-0.2, -0.15) is 0 Å². The Hall–Kier alpha value is -0.810. The molecule has 50 valence electrons. The summed E-state index contributed by atoms with van der Waals surface area (Å²) >= 11 is 0. The molecule has 0 aromatic heterocycles. The van der Waals surface area contributed by atoms with Gasteiger partial charge < -0.3 is 21.7 Å². The van der Waals surface area contributed by atoms with Gasteiger partial charge in [-0.3, -0.25) is 0 Å². The molecule has 0 atom stereocenters. The maximum absolute atomic E-state index is 8.56. The highest BCUT2D eigenvalue weighted by Gasteiger charge is 1.70. The van der Waals surface area contributed by atoms with Crippen LogP contribution < -0.4 is 11.5 Å². The summed E-state index contributed by atoms with van der Waals surface area (Å²) in [6.07, 6.45) is -1.83. The maximum atomic E-state index is 8.56. The van der Waals surface area contributed by atoms with Gasteiger partial charge in [0.15, 0.2) is 0 Å². The third-order valence-electron chi connectivity index (χ3n) is 0.167. The first-order chi connectivity index (χ1) is 3.65. The Labute approximate surface area is 46.9 Å². The van der Waals surface area contributed by atoms with Crippen molar-refractivity contribution in [3.05, 3.63) is 0 Å². The van der Waals surface area contributed by atoms with Crippen LogP contribution in [0, 0.1) is 0 Å². The topological polar surface area (TPSA) is 110 Å². The highest BCUT2D eigenvalue weighted by Crippen LogP contribution is 1.42. The van der Waals surface area contributed by atoms with E-state index in [0.29, 0.717) is 13.1 Å². The van der Waals surface area contributed by atoms with Gasteiger partial charge in [-0.15, -0.1) is 0 Å². The molecule has 8 heavy (non-hydrogen) atoms. The van der Waals surface area contributed by atoms with Crippen molar-refractivity contribution in [1.82, 2.24) is 0 Å². The predicted molar refractivity (Wildman–Crippen MR) is 28.8 cm³/mol. The molecule has 0 aromatic rings. The van der Waals surface area contributed by atoms with Gasteiger partial charge in [0, 0.05) is 13.1 Å². The number of hydrogen-bond donors (Lipinski definition) is 4. The van der Waals surface area contributed by atoms with Gasteiger partial charge in [-0.25, -0.2) is 4.79 Å². The average Bonchev–Trinajstić information content (AvgIpc) is 1.65. The minimum Gasteiger partial charge on any atom is -0.450 e. The second-order valence-electron chi connectivity index (χ2n) is 0.860. The zero-order valence-electron chi connectivity index (χ0n) is 4.37. The van der Waals surface area contributed by atoms with Crippen LogP contribution in [-0.2, 0) is 0 Å². The van der Waals surface area contributed by atoms with Crippen LogP contribution >= 0.6 is 0 Å². The molecule has 0 unspecified atom stereocenters. The largest absolute Gasteiger partial charge is 0.503 e. The lowest BCUT2D eigenvalue weighted by molar-refractivity contribution is 0.137. The number of hydrogen-bond acceptors (Lipinski definition) is 3. The molecule has 0 fully saturated rings. The maximum Gasteiger partial charge on any atom is 0.503 e. The Bertz CT molecular complexity index is 50.5. The standard InChI is InChI=1S/C2H8N2.CH2O3/c3-1-2-4;2-1(3)4/h1-4H2;(H2,2,3,4). The second-order valence-corrected chi connectivity index (χ2v) is 0.860. The minimum atomic E-state index is -1.83. The van der Waals surface area contributed by atoms with Crippen LogP contribution in [0.5, 0.6) is 0 Å². The second kappa shape index (κ2) is 9.50. The molecule has 0 amide bonds. The molecule has 0 rings (SSSR count). The van der Waals surface area contributed by atoms with E-state index >= 15 is 0 Å². The predicted octanol–water partition coefficient (Wildman–Crippen LogP) is -0.874. The van der Waals surface area contributed by atoms with E-state index in [1.807, 2.05) is 0 Å². The smallest absolute Gasteiger partial charge is 0.450 e. The lowest BCUT2D eigenvalue weighted by Gasteiger charge is -1.72. The lowest BCUT2D eigenvalue weighted by atomic mass is 10.7. The van der Waals surface area contributed by atoms with Crippen molar-refractivity contribution < 1.29 is 15.0 Å². The molecular formula is C3H10N2O3. The number of rotatable bonds is 1. The monoisotopic (exact) mass is 122 g/mol. The van der Waals surface area contributed by atoms with Gasteiger partial charge in [-0.1, -0.05) is 0 Å². The SMILES string of the molecule is NCCN.O=C(O)O. The third kappa shape index (κ3) is 2520. The quantitative estimate of drug-likeness (QED) is 0.361. The van der Waals surface area contributed by atoms with Crippen LogP contribution in [0.25, 0.3) is 0 Å². The fourth-order valence-electron chi connectivity index (χ4n) is 0. The van der Waals surface area contributed by atoms with Crippen LogP contribution in [-0.4, -0.2) is 29.5 Å². The Kier molecular flexibility index (Phi) is 12.1. The van der Waals surface area contributed by atoms with E-state index in [9.17, 15) is 0 Å². The van der Waals surface area contributed by atoms with Gasteiger partial charge in [-0.05, 0) is 0 Å². The molecule has 0 saturated heterocycles. The van der Waals surface area contributed by atoms with Gasteiger partial charge in [0.1, 0.15) is 0 Å². The first kappa shape index (κ1) is 10.2. The van der Waals surface area contributed by atoms with Crippen LogP contribution in [0.4, 0.5) is 4.79 Å². The fourth-order valence-corrected chi connectivity index (χ4v) is 0. The molecule has 0 saturated carbocycles. The van der Waals surface area contributed by atoms with Crippen LogP contribution in [0.1, 0.15) is 0 Å². The third-order valence-corrected chi connectivity index (χ3v) is 0.167. The highest BCUT2D eigenvalue weighted by molar-refractivity contribution is 5.53. The molecule has 5 heteroatoms. The average molecular weight is 122 g/mol. The van der Waals surface area contributed by atoms with E-state index < -0.39 is 6.16 Å². The summed E-state index contributed by atoms with van der Waals surface area (Å²) < 4.78 is 0. The van der Waals surface area contributed by atoms with Crippen molar-refractivity contribution in [1.29, 1.82) is 0 Å². The highest BCUT2D eigenvalue weighted by atomic mass is 16.6. The van der Waals surface area contributed by atoms with E-state index in [1.165, 1.54) is 0 Å². The van der Waals surface area contributed by atoms with Gasteiger partial charge in [0.05, 0.1) is 0 Å². The molecular weight excluding hydrogens is 112 g/mol. The number of carboxylic acid groups (broad SMARTS) is 2. The lowest BCUT2D eigenvalue weighted by Crippen LogP contribution is -2.11. The summed E-state index contributed by atoms with van der Waals surface area (Å²) in [4.78, 5) is 8.56. The molecule has 6 N–H and O–H groups in total. The summed E-state index contributed by atoms with van der Waals surface area (Å²) in [5, 5.41) is 13.9. The molecule has 0 heterocycles. The fraction of sp³-hybridized carbons (Fsp3) is 0.667. The summed E-state index contributed by atoms with van der Waals surface area (Å²) in [7, 11) is 0. The van der Waals surface area contributed by atoms with E-state index in [0.717, 1.165) is 0 Å². The Morgan fingerprint density at radius 2 is 1.38 bits per heavy atom. The molecule has 0 aliphatic heterocycles. The first-order valence-corrected chi connectivity index (χ1v) is 1.97. The van der Waals surface area contributed by atoms with Gasteiger partial charge in [0.2, 0.25) is 0 Å². The minimum absolute atomic E-state index is 0.597. The number of carbonyl (C=O) groups is 1. The van der Waals surface area contributed by atoms with E-state index in [1.54, 1.807) is 0 Å². The molecule has 0 aliphatic rings. The van der Waals surface area contributed by atoms with Crippen molar-refractivity contribution in [2.24, 2.45) is 11.5 Å². The van der Waals surface area contributed by atoms with Crippen LogP contribution in [0.3, 0.4) is 0 Å². The molecule has 0 bridgehead atoms. The van der Waals surface area contributed by atoms with E-state index in [2.05, 4.69) is 0 Å². The van der Waals surface area contributed by atoms with E-state index in [-0.39, 0.29) is 0 Å². The molecule has 0 spiro atoms. The Balaban J connectivity index is 0. The van der Waals surface area contributed by atoms with Crippen molar-refractivity contribution in [3.8, 4) is 0 Å². The normalized spacial score (nSPS) is 6.75. The van der Waals surface area contributed by atoms with Crippen molar-refractivity contribution >= 4 is 6.16 Å². The van der Waals surface area contributed by atoms with Gasteiger partial charge in [0.25, 0.3) is 0 Å². The van der Waals surface area contributed by atoms with Crippen molar-refractivity contribution in [2.45, 2.75) is 0 Å². The zero-order valence-corrected chi connectivity index (χ0v) is 4.37. The van der Waals surface area contributed by atoms with Crippen molar-refractivity contribution in [3.63, 3.8) is 0 Å². The summed E-state index contributed by atoms with van der Waals surface area (Å²) in [6, 6.07) is 0.